The van der Waals surface area contributed by atoms with Crippen LogP contribution in [0.2, 0.25) is 0 Å². The zero-order valence-electron chi connectivity index (χ0n) is 17.6. The van der Waals surface area contributed by atoms with Crippen LogP contribution in [0.5, 0.6) is 5.75 Å². The molecule has 9 nitrogen and oxygen atoms in total. The summed E-state index contributed by atoms with van der Waals surface area (Å²) >= 11 is 0. The number of methoxy groups -OCH3 is 1. The fraction of sp³-hybridized carbons (Fsp3) is 0.0870. The maximum absolute atomic E-state index is 12.7. The summed E-state index contributed by atoms with van der Waals surface area (Å²) in [5.74, 6) is -0.0762. The van der Waals surface area contributed by atoms with E-state index in [1.165, 1.54) is 12.4 Å². The summed E-state index contributed by atoms with van der Waals surface area (Å²) in [4.78, 5) is 33.5. The highest BCUT2D eigenvalue weighted by atomic mass is 16.5. The van der Waals surface area contributed by atoms with Crippen LogP contribution >= 0.6 is 0 Å². The number of nitrogens with zero attached hydrogens (tertiary/aromatic N) is 3. The van der Waals surface area contributed by atoms with Gasteiger partial charge in [-0.2, -0.15) is 5.10 Å². The summed E-state index contributed by atoms with van der Waals surface area (Å²) < 4.78 is 5.11. The van der Waals surface area contributed by atoms with Crippen LogP contribution in [-0.4, -0.2) is 35.1 Å². The summed E-state index contributed by atoms with van der Waals surface area (Å²) in [6, 6.07) is 17.4. The van der Waals surface area contributed by atoms with Crippen LogP contribution in [0, 0.1) is 6.92 Å². The van der Waals surface area contributed by atoms with Crippen molar-refractivity contribution in [1.29, 1.82) is 0 Å². The van der Waals surface area contributed by atoms with Gasteiger partial charge in [-0.15, -0.1) is 0 Å². The molecule has 0 saturated carbocycles. The molecular formula is C23H22N6O3. The van der Waals surface area contributed by atoms with Crippen LogP contribution in [0.25, 0.3) is 0 Å². The molecule has 0 radical (unpaired) electrons. The van der Waals surface area contributed by atoms with Crippen LogP contribution < -0.4 is 20.8 Å². The van der Waals surface area contributed by atoms with Crippen LogP contribution in [0.15, 0.2) is 83.9 Å². The molecule has 32 heavy (non-hydrogen) atoms. The van der Waals surface area contributed by atoms with Gasteiger partial charge in [-0.05, 0) is 55.0 Å². The number of hydrogen-bond acceptors (Lipinski definition) is 7. The van der Waals surface area contributed by atoms with Gasteiger partial charge in [-0.25, -0.2) is 15.4 Å². The Morgan fingerprint density at radius 2 is 1.78 bits per heavy atom. The van der Waals surface area contributed by atoms with Crippen LogP contribution in [0.4, 0.5) is 5.95 Å². The van der Waals surface area contributed by atoms with E-state index in [1.807, 2.05) is 6.92 Å². The normalized spacial score (nSPS) is 11.1. The molecule has 2 amide bonds. The first-order valence-corrected chi connectivity index (χ1v) is 9.65. The molecule has 0 saturated heterocycles. The van der Waals surface area contributed by atoms with E-state index in [-0.39, 0.29) is 11.6 Å². The second kappa shape index (κ2) is 11.0. The first-order chi connectivity index (χ1) is 15.5. The summed E-state index contributed by atoms with van der Waals surface area (Å²) in [5.41, 5.74) is 4.25. The van der Waals surface area contributed by atoms with Gasteiger partial charge in [0.1, 0.15) is 11.4 Å². The lowest BCUT2D eigenvalue weighted by atomic mass is 10.2. The highest BCUT2D eigenvalue weighted by molar-refractivity contribution is 6.03. The Morgan fingerprint density at radius 3 is 2.47 bits per heavy atom. The van der Waals surface area contributed by atoms with E-state index in [0.717, 1.165) is 11.3 Å². The van der Waals surface area contributed by atoms with Gasteiger partial charge in [0.05, 0.1) is 13.3 Å². The van der Waals surface area contributed by atoms with Gasteiger partial charge in [-0.1, -0.05) is 18.2 Å². The summed E-state index contributed by atoms with van der Waals surface area (Å²) in [7, 11) is 1.58. The predicted molar refractivity (Wildman–Crippen MR) is 121 cm³/mol. The summed E-state index contributed by atoms with van der Waals surface area (Å²) in [5, 5.41) is 9.35. The van der Waals surface area contributed by atoms with Crippen molar-refractivity contribution in [2.75, 3.05) is 12.4 Å². The summed E-state index contributed by atoms with van der Waals surface area (Å²) in [6.45, 7) is 1.81. The monoisotopic (exact) mass is 430 g/mol. The first-order valence-electron chi connectivity index (χ1n) is 9.65. The van der Waals surface area contributed by atoms with E-state index < -0.39 is 11.8 Å². The fourth-order valence-electron chi connectivity index (χ4n) is 2.51. The number of rotatable bonds is 8. The van der Waals surface area contributed by atoms with Crippen LogP contribution in [0.1, 0.15) is 21.6 Å². The maximum Gasteiger partial charge on any atom is 0.289 e. The van der Waals surface area contributed by atoms with Gasteiger partial charge >= 0.3 is 0 Å². The first kappa shape index (κ1) is 22.2. The molecule has 3 aromatic rings. The van der Waals surface area contributed by atoms with Crippen molar-refractivity contribution >= 4 is 24.0 Å². The molecule has 0 unspecified atom stereocenters. The number of aryl methyl sites for hydroxylation is 1. The molecule has 0 aliphatic carbocycles. The van der Waals surface area contributed by atoms with Crippen molar-refractivity contribution in [1.82, 2.24) is 20.7 Å². The molecular weight excluding hydrogens is 408 g/mol. The van der Waals surface area contributed by atoms with E-state index >= 15 is 0 Å². The lowest BCUT2D eigenvalue weighted by Crippen LogP contribution is -2.33. The molecule has 0 aliphatic rings. The van der Waals surface area contributed by atoms with Gasteiger partial charge < -0.3 is 15.4 Å². The molecule has 9 heteroatoms. The van der Waals surface area contributed by atoms with E-state index in [2.05, 4.69) is 31.1 Å². The Bertz CT molecular complexity index is 1130. The van der Waals surface area contributed by atoms with Crippen molar-refractivity contribution in [2.45, 2.75) is 6.92 Å². The third kappa shape index (κ3) is 6.49. The lowest BCUT2D eigenvalue weighted by Gasteiger charge is -2.09. The minimum atomic E-state index is -0.626. The number of amides is 2. The second-order valence-electron chi connectivity index (χ2n) is 6.52. The molecule has 0 fully saturated rings. The SMILES string of the molecule is COc1ccc(C=NNC(=O)/C(=C\Nc2nccc(C)n2)NC(=O)c2ccccc2)cc1. The zero-order valence-corrected chi connectivity index (χ0v) is 17.6. The zero-order chi connectivity index (χ0) is 22.8. The predicted octanol–water partition coefficient (Wildman–Crippen LogP) is 2.63. The Morgan fingerprint density at radius 1 is 1.03 bits per heavy atom. The van der Waals surface area contributed by atoms with Crippen molar-refractivity contribution in [3.05, 3.63) is 95.6 Å². The van der Waals surface area contributed by atoms with Gasteiger partial charge in [-0.3, -0.25) is 9.59 Å². The van der Waals surface area contributed by atoms with E-state index in [4.69, 9.17) is 4.74 Å². The molecule has 0 aliphatic heterocycles. The number of nitrogens with one attached hydrogen (secondary N) is 3. The molecule has 3 rings (SSSR count). The van der Waals surface area contributed by atoms with Crippen molar-refractivity contribution in [3.63, 3.8) is 0 Å². The molecule has 0 atom stereocenters. The topological polar surface area (TPSA) is 118 Å². The molecule has 0 bridgehead atoms. The second-order valence-corrected chi connectivity index (χ2v) is 6.52. The average Bonchev–Trinajstić information content (AvgIpc) is 2.82. The van der Waals surface area contributed by atoms with Gasteiger partial charge in [0.2, 0.25) is 5.95 Å². The van der Waals surface area contributed by atoms with E-state index in [0.29, 0.717) is 11.3 Å². The molecule has 3 N–H and O–H groups in total. The van der Waals surface area contributed by atoms with Crippen molar-refractivity contribution < 1.29 is 14.3 Å². The number of anilines is 1. The molecule has 162 valence electrons. The number of benzene rings is 2. The lowest BCUT2D eigenvalue weighted by molar-refractivity contribution is -0.117. The number of carbonyl (C=O) groups is 2. The average molecular weight is 430 g/mol. The number of aromatic nitrogens is 2. The summed E-state index contributed by atoms with van der Waals surface area (Å²) in [6.07, 6.45) is 4.37. The minimum Gasteiger partial charge on any atom is -0.497 e. The largest absolute Gasteiger partial charge is 0.497 e. The Balaban J connectivity index is 1.73. The maximum atomic E-state index is 12.7. The van der Waals surface area contributed by atoms with Gasteiger partial charge in [0.15, 0.2) is 0 Å². The standard InChI is InChI=1S/C23H22N6O3/c1-16-12-13-24-23(27-16)25-15-20(28-21(30)18-6-4-3-5-7-18)22(31)29-26-14-17-8-10-19(32-2)11-9-17/h3-15H,1-2H3,(H,28,30)(H,29,31)(H,24,25,27)/b20-15+,26-14?. The van der Waals surface area contributed by atoms with Crippen molar-refractivity contribution in [2.24, 2.45) is 5.10 Å². The van der Waals surface area contributed by atoms with Crippen molar-refractivity contribution in [3.8, 4) is 5.75 Å². The quantitative estimate of drug-likeness (QED) is 0.287. The van der Waals surface area contributed by atoms with Gasteiger partial charge in [0.25, 0.3) is 11.8 Å². The van der Waals surface area contributed by atoms with Gasteiger partial charge in [0, 0.05) is 23.7 Å². The number of ether oxygens (including phenoxy) is 1. The number of hydrazone groups is 1. The van der Waals surface area contributed by atoms with E-state index in [9.17, 15) is 9.59 Å². The Hall–Kier alpha value is -4.53. The molecule has 2 aromatic carbocycles. The molecule has 1 aromatic heterocycles. The Kier molecular flexibility index (Phi) is 7.63. The third-order valence-electron chi connectivity index (χ3n) is 4.16. The smallest absolute Gasteiger partial charge is 0.289 e. The third-order valence-corrected chi connectivity index (χ3v) is 4.16. The highest BCUT2D eigenvalue weighted by Gasteiger charge is 2.14. The molecule has 1 heterocycles. The van der Waals surface area contributed by atoms with Crippen LogP contribution in [0.3, 0.4) is 0 Å². The Labute approximate surface area is 185 Å². The number of hydrogen-bond donors (Lipinski definition) is 3. The van der Waals surface area contributed by atoms with Crippen LogP contribution in [-0.2, 0) is 4.79 Å². The van der Waals surface area contributed by atoms with E-state index in [1.54, 1.807) is 74.0 Å². The highest BCUT2D eigenvalue weighted by Crippen LogP contribution is 2.09. The minimum absolute atomic E-state index is 0.0594. The number of carbonyl (C=O) groups excluding carboxylic acids is 2. The molecule has 0 spiro atoms. The fourth-order valence-corrected chi connectivity index (χ4v) is 2.51.